The molecular weight excluding hydrogens is 327 g/mol. The second-order valence-corrected chi connectivity index (χ2v) is 5.37. The van der Waals surface area contributed by atoms with Crippen LogP contribution in [0, 0.1) is 11.3 Å². The molecule has 1 aromatic heterocycles. The smallest absolute Gasteiger partial charge is 0.322 e. The molecule has 0 fully saturated rings. The van der Waals surface area contributed by atoms with Crippen LogP contribution in [0.15, 0.2) is 47.6 Å². The van der Waals surface area contributed by atoms with Gasteiger partial charge in [-0.3, -0.25) is 4.79 Å². The number of rotatable bonds is 4. The second-order valence-electron chi connectivity index (χ2n) is 4.40. The molecule has 2 rings (SSSR count). The number of amides is 1. The number of benzene rings is 1. The van der Waals surface area contributed by atoms with Gasteiger partial charge >= 0.3 is 6.18 Å². The highest BCUT2D eigenvalue weighted by Crippen LogP contribution is 2.28. The summed E-state index contributed by atoms with van der Waals surface area (Å²) in [6.07, 6.45) is -3.01. The van der Waals surface area contributed by atoms with Crippen LogP contribution in [0.5, 0.6) is 0 Å². The molecule has 0 spiro atoms. The molecule has 0 aliphatic carbocycles. The Balaban J connectivity index is 2.14. The van der Waals surface area contributed by atoms with E-state index in [9.17, 15) is 18.0 Å². The topological polar surface area (TPSA) is 65.8 Å². The van der Waals surface area contributed by atoms with Crippen LogP contribution in [-0.4, -0.2) is 22.8 Å². The van der Waals surface area contributed by atoms with Crippen molar-refractivity contribution in [2.45, 2.75) is 11.2 Å². The van der Waals surface area contributed by atoms with Crippen LogP contribution >= 0.6 is 11.8 Å². The average molecular weight is 337 g/mol. The van der Waals surface area contributed by atoms with E-state index >= 15 is 0 Å². The number of nitrogens with one attached hydrogen (secondary N) is 1. The SMILES string of the molecule is N#Cc1ccc(NC(=O)c2cccnc2SCC(F)(F)F)cc1. The predicted octanol–water partition coefficient (Wildman–Crippen LogP) is 3.86. The minimum atomic E-state index is -4.34. The molecule has 1 N–H and O–H groups in total. The number of hydrogen-bond donors (Lipinski definition) is 1. The summed E-state index contributed by atoms with van der Waals surface area (Å²) in [5.41, 5.74) is 0.932. The molecule has 1 amide bonds. The molecule has 0 bridgehead atoms. The summed E-state index contributed by atoms with van der Waals surface area (Å²) in [5.74, 6) is -1.69. The van der Waals surface area contributed by atoms with Crippen LogP contribution < -0.4 is 5.32 Å². The van der Waals surface area contributed by atoms with Gasteiger partial charge in [0.1, 0.15) is 5.03 Å². The molecule has 0 radical (unpaired) electrons. The van der Waals surface area contributed by atoms with E-state index < -0.39 is 17.8 Å². The molecular formula is C15H10F3N3OS. The first-order valence-corrected chi connectivity index (χ1v) is 7.34. The van der Waals surface area contributed by atoms with Gasteiger partial charge in [0.05, 0.1) is 22.9 Å². The number of halogens is 3. The number of pyridine rings is 1. The molecule has 2 aromatic rings. The maximum atomic E-state index is 12.3. The third kappa shape index (κ3) is 5.00. The Morgan fingerprint density at radius 1 is 1.26 bits per heavy atom. The average Bonchev–Trinajstić information content (AvgIpc) is 2.53. The zero-order valence-corrected chi connectivity index (χ0v) is 12.4. The van der Waals surface area contributed by atoms with E-state index in [0.717, 1.165) is 0 Å². The first-order chi connectivity index (χ1) is 10.9. The van der Waals surface area contributed by atoms with Crippen molar-refractivity contribution in [1.29, 1.82) is 5.26 Å². The highest BCUT2D eigenvalue weighted by molar-refractivity contribution is 7.99. The number of anilines is 1. The first kappa shape index (κ1) is 16.8. The predicted molar refractivity (Wildman–Crippen MR) is 80.1 cm³/mol. The molecule has 0 saturated heterocycles. The first-order valence-electron chi connectivity index (χ1n) is 6.35. The number of aromatic nitrogens is 1. The molecule has 0 unspecified atom stereocenters. The summed E-state index contributed by atoms with van der Waals surface area (Å²) in [4.78, 5) is 16.0. The zero-order valence-electron chi connectivity index (χ0n) is 11.6. The molecule has 8 heteroatoms. The van der Waals surface area contributed by atoms with Crippen LogP contribution in [0.25, 0.3) is 0 Å². The number of carbonyl (C=O) groups is 1. The van der Waals surface area contributed by atoms with Gasteiger partial charge < -0.3 is 5.32 Å². The lowest BCUT2D eigenvalue weighted by Gasteiger charge is -2.10. The van der Waals surface area contributed by atoms with Gasteiger partial charge in [0, 0.05) is 11.9 Å². The van der Waals surface area contributed by atoms with Crippen molar-refractivity contribution in [3.63, 3.8) is 0 Å². The highest BCUT2D eigenvalue weighted by Gasteiger charge is 2.28. The Kier molecular flexibility index (Phi) is 5.24. The largest absolute Gasteiger partial charge is 0.398 e. The van der Waals surface area contributed by atoms with E-state index in [1.54, 1.807) is 0 Å². The van der Waals surface area contributed by atoms with Gasteiger partial charge in [-0.05, 0) is 36.4 Å². The molecule has 1 aromatic carbocycles. The number of carbonyl (C=O) groups excluding carboxylic acids is 1. The highest BCUT2D eigenvalue weighted by atomic mass is 32.2. The zero-order chi connectivity index (χ0) is 16.9. The fourth-order valence-corrected chi connectivity index (χ4v) is 2.41. The van der Waals surface area contributed by atoms with Crippen LogP contribution in [0.4, 0.5) is 18.9 Å². The van der Waals surface area contributed by atoms with E-state index in [1.807, 2.05) is 6.07 Å². The molecule has 0 aliphatic heterocycles. The Morgan fingerprint density at radius 3 is 2.57 bits per heavy atom. The van der Waals surface area contributed by atoms with Gasteiger partial charge in [0.25, 0.3) is 5.91 Å². The summed E-state index contributed by atoms with van der Waals surface area (Å²) in [7, 11) is 0. The molecule has 23 heavy (non-hydrogen) atoms. The van der Waals surface area contributed by atoms with Gasteiger partial charge in [-0.25, -0.2) is 4.98 Å². The van der Waals surface area contributed by atoms with Crippen LogP contribution in [0.2, 0.25) is 0 Å². The molecule has 0 aliphatic rings. The van der Waals surface area contributed by atoms with Crippen LogP contribution in [0.3, 0.4) is 0 Å². The van der Waals surface area contributed by atoms with Gasteiger partial charge in [0.2, 0.25) is 0 Å². The van der Waals surface area contributed by atoms with Crippen molar-refractivity contribution in [1.82, 2.24) is 4.98 Å². The van der Waals surface area contributed by atoms with E-state index in [1.165, 1.54) is 42.6 Å². The van der Waals surface area contributed by atoms with Crippen molar-refractivity contribution in [2.24, 2.45) is 0 Å². The molecule has 0 saturated carbocycles. The van der Waals surface area contributed by atoms with Crippen molar-refractivity contribution < 1.29 is 18.0 Å². The van der Waals surface area contributed by atoms with Crippen molar-refractivity contribution in [3.8, 4) is 6.07 Å². The Morgan fingerprint density at radius 2 is 1.96 bits per heavy atom. The molecule has 1 heterocycles. The summed E-state index contributed by atoms with van der Waals surface area (Å²) in [6.45, 7) is 0. The van der Waals surface area contributed by atoms with E-state index in [4.69, 9.17) is 5.26 Å². The number of hydrogen-bond acceptors (Lipinski definition) is 4. The second kappa shape index (κ2) is 7.15. The summed E-state index contributed by atoms with van der Waals surface area (Å²) >= 11 is 0.459. The van der Waals surface area contributed by atoms with Gasteiger partial charge in [0.15, 0.2) is 0 Å². The standard InChI is InChI=1S/C15H10F3N3OS/c16-15(17,18)9-23-14-12(2-1-7-20-14)13(22)21-11-5-3-10(8-19)4-6-11/h1-7H,9H2,(H,21,22). The summed E-state index contributed by atoms with van der Waals surface area (Å²) in [6, 6.07) is 11.0. The van der Waals surface area contributed by atoms with Gasteiger partial charge in [-0.2, -0.15) is 18.4 Å². The third-order valence-corrected chi connectivity index (χ3v) is 3.73. The van der Waals surface area contributed by atoms with E-state index in [2.05, 4.69) is 10.3 Å². The van der Waals surface area contributed by atoms with Crippen molar-refractivity contribution in [3.05, 3.63) is 53.7 Å². The minimum Gasteiger partial charge on any atom is -0.322 e. The Labute approximate surface area is 134 Å². The minimum absolute atomic E-state index is 0.0102. The molecule has 118 valence electrons. The van der Waals surface area contributed by atoms with Crippen LogP contribution in [-0.2, 0) is 0 Å². The maximum Gasteiger partial charge on any atom is 0.398 e. The molecule has 4 nitrogen and oxygen atoms in total. The number of nitriles is 1. The van der Waals surface area contributed by atoms with Crippen molar-refractivity contribution >= 4 is 23.4 Å². The number of nitrogens with zero attached hydrogens (tertiary/aromatic N) is 2. The monoisotopic (exact) mass is 337 g/mol. The Hall–Kier alpha value is -2.53. The lowest BCUT2D eigenvalue weighted by Crippen LogP contribution is -2.15. The van der Waals surface area contributed by atoms with Gasteiger partial charge in [-0.15, -0.1) is 0 Å². The van der Waals surface area contributed by atoms with Gasteiger partial charge in [-0.1, -0.05) is 11.8 Å². The summed E-state index contributed by atoms with van der Waals surface area (Å²) in [5, 5.41) is 11.3. The van der Waals surface area contributed by atoms with E-state index in [-0.39, 0.29) is 10.6 Å². The Bertz CT molecular complexity index is 739. The fraction of sp³-hybridized carbons (Fsp3) is 0.133. The summed E-state index contributed by atoms with van der Waals surface area (Å²) < 4.78 is 37.0. The lowest BCUT2D eigenvalue weighted by molar-refractivity contribution is -0.105. The number of thioether (sulfide) groups is 1. The fourth-order valence-electron chi connectivity index (χ4n) is 1.66. The quantitative estimate of drug-likeness (QED) is 0.861. The number of alkyl halides is 3. The third-order valence-electron chi connectivity index (χ3n) is 2.66. The van der Waals surface area contributed by atoms with Crippen molar-refractivity contribution in [2.75, 3.05) is 11.1 Å². The van der Waals surface area contributed by atoms with E-state index in [0.29, 0.717) is 23.0 Å². The van der Waals surface area contributed by atoms with Crippen LogP contribution in [0.1, 0.15) is 15.9 Å². The normalized spacial score (nSPS) is 10.9. The lowest BCUT2D eigenvalue weighted by atomic mass is 10.2. The maximum absolute atomic E-state index is 12.3. The molecule has 0 atom stereocenters.